The maximum atomic E-state index is 11.6. The standard InChI is InChI=1S/C6H3Cl2F2NO/c7-3-1-2-4(11-5(3)8)12-6(9)10/h1-2,6H. The van der Waals surface area contributed by atoms with E-state index in [1.165, 1.54) is 12.1 Å². The van der Waals surface area contributed by atoms with E-state index in [0.717, 1.165) is 0 Å². The quantitative estimate of drug-likeness (QED) is 0.706. The number of alkyl halides is 2. The fourth-order valence-corrected chi connectivity index (χ4v) is 0.809. The molecule has 0 atom stereocenters. The monoisotopic (exact) mass is 213 g/mol. The average molecular weight is 214 g/mol. The summed E-state index contributed by atoms with van der Waals surface area (Å²) < 4.78 is 27.2. The highest BCUT2D eigenvalue weighted by Crippen LogP contribution is 2.22. The van der Waals surface area contributed by atoms with Gasteiger partial charge in [-0.3, -0.25) is 0 Å². The van der Waals surface area contributed by atoms with Crippen LogP contribution >= 0.6 is 23.2 Å². The minimum Gasteiger partial charge on any atom is -0.417 e. The molecular formula is C6H3Cl2F2NO. The van der Waals surface area contributed by atoms with Crippen molar-refractivity contribution in [1.29, 1.82) is 0 Å². The zero-order chi connectivity index (χ0) is 9.14. The lowest BCUT2D eigenvalue weighted by Gasteiger charge is -2.02. The molecule has 1 aromatic rings. The van der Waals surface area contributed by atoms with E-state index in [9.17, 15) is 8.78 Å². The number of nitrogens with zero attached hydrogens (tertiary/aromatic N) is 1. The van der Waals surface area contributed by atoms with E-state index in [0.29, 0.717) is 0 Å². The summed E-state index contributed by atoms with van der Waals surface area (Å²) in [5.74, 6) is -0.251. The first-order valence-corrected chi connectivity index (χ1v) is 3.62. The Labute approximate surface area is 77.1 Å². The van der Waals surface area contributed by atoms with Gasteiger partial charge < -0.3 is 4.74 Å². The van der Waals surface area contributed by atoms with Crippen molar-refractivity contribution in [3.8, 4) is 5.88 Å². The molecule has 0 radical (unpaired) electrons. The van der Waals surface area contributed by atoms with E-state index in [-0.39, 0.29) is 16.1 Å². The second kappa shape index (κ2) is 3.87. The van der Waals surface area contributed by atoms with Crippen LogP contribution in [-0.2, 0) is 0 Å². The van der Waals surface area contributed by atoms with Crippen LogP contribution < -0.4 is 4.74 Å². The van der Waals surface area contributed by atoms with E-state index in [4.69, 9.17) is 23.2 Å². The number of ether oxygens (including phenoxy) is 1. The number of hydrogen-bond donors (Lipinski definition) is 0. The van der Waals surface area contributed by atoms with Crippen LogP contribution in [0, 0.1) is 0 Å². The molecule has 0 bridgehead atoms. The first-order chi connectivity index (χ1) is 5.59. The molecule has 0 aliphatic rings. The minimum absolute atomic E-state index is 0.0604. The van der Waals surface area contributed by atoms with Crippen molar-refractivity contribution in [2.24, 2.45) is 0 Å². The Kier molecular flexibility index (Phi) is 3.05. The molecule has 2 nitrogen and oxygen atoms in total. The van der Waals surface area contributed by atoms with Gasteiger partial charge in [-0.25, -0.2) is 0 Å². The van der Waals surface area contributed by atoms with Gasteiger partial charge >= 0.3 is 6.61 Å². The summed E-state index contributed by atoms with van der Waals surface area (Å²) >= 11 is 10.9. The highest BCUT2D eigenvalue weighted by molar-refractivity contribution is 6.41. The fourth-order valence-electron chi connectivity index (χ4n) is 0.558. The van der Waals surface area contributed by atoms with Crippen molar-refractivity contribution in [1.82, 2.24) is 4.98 Å². The van der Waals surface area contributed by atoms with Crippen LogP contribution in [0.15, 0.2) is 12.1 Å². The third kappa shape index (κ3) is 2.46. The zero-order valence-corrected chi connectivity index (χ0v) is 7.11. The summed E-state index contributed by atoms with van der Waals surface area (Å²) in [6.07, 6.45) is 0. The lowest BCUT2D eigenvalue weighted by molar-refractivity contribution is -0.0528. The SMILES string of the molecule is FC(F)Oc1ccc(Cl)c(Cl)n1. The molecule has 1 rings (SSSR count). The summed E-state index contributed by atoms with van der Waals surface area (Å²) in [5.41, 5.74) is 0. The first-order valence-electron chi connectivity index (χ1n) is 2.86. The van der Waals surface area contributed by atoms with Crippen molar-refractivity contribution in [2.75, 3.05) is 0 Å². The Morgan fingerprint density at radius 2 is 2.00 bits per heavy atom. The van der Waals surface area contributed by atoms with Crippen LogP contribution in [0.1, 0.15) is 0 Å². The first kappa shape index (κ1) is 9.48. The van der Waals surface area contributed by atoms with Gasteiger partial charge in [0.05, 0.1) is 5.02 Å². The molecule has 12 heavy (non-hydrogen) atoms. The molecule has 66 valence electrons. The molecule has 0 spiro atoms. The highest BCUT2D eigenvalue weighted by Gasteiger charge is 2.07. The Morgan fingerprint density at radius 3 is 2.50 bits per heavy atom. The van der Waals surface area contributed by atoms with E-state index >= 15 is 0 Å². The predicted octanol–water partition coefficient (Wildman–Crippen LogP) is 2.99. The highest BCUT2D eigenvalue weighted by atomic mass is 35.5. The summed E-state index contributed by atoms with van der Waals surface area (Å²) in [5, 5.41) is 0.132. The molecule has 0 fully saturated rings. The molecule has 0 amide bonds. The van der Waals surface area contributed by atoms with Crippen LogP contribution in [-0.4, -0.2) is 11.6 Å². The average Bonchev–Trinajstić information content (AvgIpc) is 1.96. The molecule has 0 unspecified atom stereocenters. The Hall–Kier alpha value is -0.610. The molecule has 0 N–H and O–H groups in total. The van der Waals surface area contributed by atoms with Crippen LogP contribution in [0.5, 0.6) is 5.88 Å². The predicted molar refractivity (Wildman–Crippen MR) is 40.9 cm³/mol. The number of hydrogen-bond acceptors (Lipinski definition) is 2. The number of aromatic nitrogens is 1. The van der Waals surface area contributed by atoms with Crippen LogP contribution in [0.25, 0.3) is 0 Å². The van der Waals surface area contributed by atoms with Gasteiger partial charge in [0.2, 0.25) is 5.88 Å². The third-order valence-electron chi connectivity index (χ3n) is 0.987. The molecule has 6 heteroatoms. The number of halogens is 4. The van der Waals surface area contributed by atoms with Crippen LogP contribution in [0.2, 0.25) is 10.2 Å². The number of rotatable bonds is 2. The topological polar surface area (TPSA) is 22.1 Å². The summed E-state index contributed by atoms with van der Waals surface area (Å²) in [6, 6.07) is 2.54. The maximum Gasteiger partial charge on any atom is 0.388 e. The van der Waals surface area contributed by atoms with Gasteiger partial charge in [0, 0.05) is 6.07 Å². The van der Waals surface area contributed by atoms with Crippen LogP contribution in [0.4, 0.5) is 8.78 Å². The van der Waals surface area contributed by atoms with E-state index in [2.05, 4.69) is 9.72 Å². The third-order valence-corrected chi connectivity index (χ3v) is 1.68. The smallest absolute Gasteiger partial charge is 0.388 e. The van der Waals surface area contributed by atoms with E-state index in [1.54, 1.807) is 0 Å². The van der Waals surface area contributed by atoms with Gasteiger partial charge in [-0.05, 0) is 6.07 Å². The van der Waals surface area contributed by atoms with Crippen molar-refractivity contribution in [3.05, 3.63) is 22.3 Å². The van der Waals surface area contributed by atoms with Crippen molar-refractivity contribution in [3.63, 3.8) is 0 Å². The van der Waals surface area contributed by atoms with Gasteiger partial charge in [0.25, 0.3) is 0 Å². The molecule has 0 aromatic carbocycles. The van der Waals surface area contributed by atoms with E-state index < -0.39 is 6.61 Å². The lowest BCUT2D eigenvalue weighted by Crippen LogP contribution is -2.03. The Bertz CT molecular complexity index is 282. The molecule has 0 saturated carbocycles. The lowest BCUT2D eigenvalue weighted by atomic mass is 10.5. The van der Waals surface area contributed by atoms with Gasteiger partial charge in [-0.1, -0.05) is 23.2 Å². The molecule has 1 aromatic heterocycles. The normalized spacial score (nSPS) is 10.4. The van der Waals surface area contributed by atoms with Crippen molar-refractivity contribution >= 4 is 23.2 Å². The molecule has 0 aliphatic heterocycles. The van der Waals surface area contributed by atoms with Gasteiger partial charge in [-0.2, -0.15) is 13.8 Å². The molecular weight excluding hydrogens is 211 g/mol. The minimum atomic E-state index is -2.91. The summed E-state index contributed by atoms with van der Waals surface area (Å²) in [6.45, 7) is -2.91. The van der Waals surface area contributed by atoms with E-state index in [1.807, 2.05) is 0 Å². The van der Waals surface area contributed by atoms with Gasteiger partial charge in [-0.15, -0.1) is 0 Å². The fraction of sp³-hybridized carbons (Fsp3) is 0.167. The second-order valence-corrected chi connectivity index (χ2v) is 2.57. The second-order valence-electron chi connectivity index (χ2n) is 1.80. The maximum absolute atomic E-state index is 11.6. The summed E-state index contributed by atoms with van der Waals surface area (Å²) in [4.78, 5) is 3.44. The molecule has 0 aliphatic carbocycles. The number of pyridine rings is 1. The van der Waals surface area contributed by atoms with Crippen LogP contribution in [0.3, 0.4) is 0 Å². The van der Waals surface area contributed by atoms with Crippen molar-refractivity contribution < 1.29 is 13.5 Å². The van der Waals surface area contributed by atoms with Gasteiger partial charge in [0.15, 0.2) is 5.15 Å². The van der Waals surface area contributed by atoms with Gasteiger partial charge in [0.1, 0.15) is 0 Å². The molecule has 0 saturated heterocycles. The van der Waals surface area contributed by atoms with Crippen molar-refractivity contribution in [2.45, 2.75) is 6.61 Å². The largest absolute Gasteiger partial charge is 0.417 e. The Balaban J connectivity index is 2.82. The zero-order valence-electron chi connectivity index (χ0n) is 5.60. The Morgan fingerprint density at radius 1 is 1.33 bits per heavy atom. The summed E-state index contributed by atoms with van der Waals surface area (Å²) in [7, 11) is 0. The molecule has 1 heterocycles.